The minimum absolute atomic E-state index is 0.240. The molecular formula is C57H64O10. The van der Waals surface area contributed by atoms with Crippen LogP contribution in [0.1, 0.15) is 52.6 Å². The Bertz CT molecular complexity index is 2240. The van der Waals surface area contributed by atoms with Crippen LogP contribution in [-0.4, -0.2) is 80.0 Å². The van der Waals surface area contributed by atoms with E-state index in [9.17, 15) is 5.11 Å². The zero-order valence-electron chi connectivity index (χ0n) is 38.3. The van der Waals surface area contributed by atoms with Crippen molar-refractivity contribution in [3.8, 4) is 0 Å². The smallest absolute Gasteiger partial charge is 0.186 e. The molecule has 6 aromatic carbocycles. The zero-order chi connectivity index (χ0) is 45.9. The molecule has 2 fully saturated rings. The van der Waals surface area contributed by atoms with Gasteiger partial charge in [-0.25, -0.2) is 0 Å². The molecule has 10 nitrogen and oxygen atoms in total. The number of benzene rings is 6. The predicted molar refractivity (Wildman–Crippen MR) is 255 cm³/mol. The van der Waals surface area contributed by atoms with Gasteiger partial charge in [-0.05, 0) is 52.6 Å². The first-order valence-corrected chi connectivity index (χ1v) is 23.5. The molecule has 2 aliphatic rings. The summed E-state index contributed by atoms with van der Waals surface area (Å²) in [4.78, 5) is 0. The van der Waals surface area contributed by atoms with Gasteiger partial charge < -0.3 is 47.7 Å². The molecule has 0 unspecified atom stereocenters. The quantitative estimate of drug-likeness (QED) is 0.0632. The SMILES string of the molecule is CO[C@H]1O[C@H](CCC[C@@H]2O[C@H](COCc3ccccc3)[C@@H](OCc3ccccc3)[C@H](OCc3ccccc3)[C@H]2O)[C@@H](OCc2ccccc2)[C@H](OCc2ccccc2)[C@H]1OCc1ccccc1. The molecule has 0 amide bonds. The summed E-state index contributed by atoms with van der Waals surface area (Å²) < 4.78 is 59.8. The van der Waals surface area contributed by atoms with Crippen LogP contribution in [0.25, 0.3) is 0 Å². The van der Waals surface area contributed by atoms with E-state index in [1.165, 1.54) is 0 Å². The lowest BCUT2D eigenvalue weighted by Gasteiger charge is -2.46. The van der Waals surface area contributed by atoms with Crippen LogP contribution in [0.4, 0.5) is 0 Å². The Morgan fingerprint density at radius 2 is 0.716 bits per heavy atom. The van der Waals surface area contributed by atoms with Gasteiger partial charge in [0.15, 0.2) is 6.29 Å². The fraction of sp³-hybridized carbons (Fsp3) is 0.368. The number of aliphatic hydroxyl groups is 1. The molecule has 10 atom stereocenters. The van der Waals surface area contributed by atoms with Gasteiger partial charge in [0.05, 0.1) is 58.5 Å². The van der Waals surface area contributed by atoms with Crippen LogP contribution in [0.3, 0.4) is 0 Å². The first-order valence-electron chi connectivity index (χ1n) is 23.5. The van der Waals surface area contributed by atoms with Crippen LogP contribution in [0.15, 0.2) is 182 Å². The molecule has 0 bridgehead atoms. The van der Waals surface area contributed by atoms with Crippen LogP contribution in [0.2, 0.25) is 0 Å². The maximum Gasteiger partial charge on any atom is 0.186 e. The van der Waals surface area contributed by atoms with E-state index in [4.69, 9.17) is 42.6 Å². The average molecular weight is 909 g/mol. The number of ether oxygens (including phenoxy) is 9. The number of methoxy groups -OCH3 is 1. The minimum Gasteiger partial charge on any atom is -0.388 e. The van der Waals surface area contributed by atoms with Crippen LogP contribution in [-0.2, 0) is 82.3 Å². The standard InChI is InChI=1S/C57H64O10/c1-59-57-56(65-40-47-31-18-7-19-32-47)55(64-39-46-29-16-6-17-30-46)52(61-36-43-23-10-3-11-24-43)49(67-57)34-20-33-48-51(58)54(63-38-45-27-14-5-15-28-45)53(62-37-44-25-12-4-13-26-44)50(66-48)41-60-35-42-21-8-2-9-22-42/h2-19,21-32,48-58H,20,33-41H2,1H3/t48-,49+,50+,51-,52+,53+,54+,55-,56+,57-/m0/s1. The fourth-order valence-corrected chi connectivity index (χ4v) is 8.86. The highest BCUT2D eigenvalue weighted by molar-refractivity contribution is 5.18. The van der Waals surface area contributed by atoms with Crippen LogP contribution in [0, 0.1) is 0 Å². The summed E-state index contributed by atoms with van der Waals surface area (Å²) in [5, 5.41) is 12.3. The van der Waals surface area contributed by atoms with Crippen molar-refractivity contribution < 1.29 is 47.7 Å². The second-order valence-corrected chi connectivity index (χ2v) is 17.2. The number of aliphatic hydroxyl groups excluding tert-OH is 1. The summed E-state index contributed by atoms with van der Waals surface area (Å²) in [5.74, 6) is 0. The van der Waals surface area contributed by atoms with E-state index in [0.717, 1.165) is 33.4 Å². The molecule has 0 aliphatic carbocycles. The van der Waals surface area contributed by atoms with Gasteiger partial charge in [-0.2, -0.15) is 0 Å². The van der Waals surface area contributed by atoms with E-state index in [0.29, 0.717) is 58.9 Å². The summed E-state index contributed by atoms with van der Waals surface area (Å²) in [6, 6.07) is 60.3. The summed E-state index contributed by atoms with van der Waals surface area (Å²) in [6.45, 7) is 2.29. The molecule has 352 valence electrons. The minimum atomic E-state index is -1.00. The van der Waals surface area contributed by atoms with Crippen molar-refractivity contribution in [2.45, 2.75) is 120 Å². The largest absolute Gasteiger partial charge is 0.388 e. The average Bonchev–Trinajstić information content (AvgIpc) is 3.38. The lowest BCUT2D eigenvalue weighted by Crippen LogP contribution is -2.61. The van der Waals surface area contributed by atoms with Gasteiger partial charge in [-0.15, -0.1) is 0 Å². The normalized spacial score (nSPS) is 25.2. The molecule has 8 rings (SSSR count). The van der Waals surface area contributed by atoms with E-state index in [1.807, 2.05) is 170 Å². The molecule has 10 heteroatoms. The molecule has 0 spiro atoms. The van der Waals surface area contributed by atoms with E-state index >= 15 is 0 Å². The van der Waals surface area contributed by atoms with Gasteiger partial charge >= 0.3 is 0 Å². The van der Waals surface area contributed by atoms with Crippen molar-refractivity contribution in [3.63, 3.8) is 0 Å². The van der Waals surface area contributed by atoms with Crippen molar-refractivity contribution in [3.05, 3.63) is 215 Å². The van der Waals surface area contributed by atoms with Crippen molar-refractivity contribution in [2.75, 3.05) is 13.7 Å². The molecule has 0 radical (unpaired) electrons. The number of hydrogen-bond donors (Lipinski definition) is 1. The molecule has 2 aliphatic heterocycles. The fourth-order valence-electron chi connectivity index (χ4n) is 8.86. The molecular weight excluding hydrogens is 845 g/mol. The third kappa shape index (κ3) is 14.2. The van der Waals surface area contributed by atoms with E-state index in [2.05, 4.69) is 12.1 Å². The molecule has 1 N–H and O–H groups in total. The third-order valence-corrected chi connectivity index (χ3v) is 12.4. The number of hydrogen-bond acceptors (Lipinski definition) is 10. The Hall–Kier alpha value is -5.08. The maximum absolute atomic E-state index is 12.3. The maximum atomic E-state index is 12.3. The third-order valence-electron chi connectivity index (χ3n) is 12.4. The Labute approximate surface area is 395 Å². The molecule has 2 heterocycles. The molecule has 6 aromatic rings. The van der Waals surface area contributed by atoms with E-state index < -0.39 is 61.2 Å². The molecule has 67 heavy (non-hydrogen) atoms. The molecule has 0 aromatic heterocycles. The van der Waals surface area contributed by atoms with Gasteiger partial charge in [-0.1, -0.05) is 182 Å². The van der Waals surface area contributed by atoms with Crippen molar-refractivity contribution in [2.24, 2.45) is 0 Å². The van der Waals surface area contributed by atoms with Crippen LogP contribution < -0.4 is 0 Å². The Morgan fingerprint density at radius 3 is 1.13 bits per heavy atom. The van der Waals surface area contributed by atoms with Crippen LogP contribution >= 0.6 is 0 Å². The summed E-state index contributed by atoms with van der Waals surface area (Å²) >= 11 is 0. The Morgan fingerprint density at radius 1 is 0.373 bits per heavy atom. The summed E-state index contributed by atoms with van der Waals surface area (Å²) in [7, 11) is 1.64. The molecule has 0 saturated carbocycles. The van der Waals surface area contributed by atoms with Gasteiger partial charge in [0, 0.05) is 7.11 Å². The van der Waals surface area contributed by atoms with Gasteiger partial charge in [0.1, 0.15) is 42.7 Å². The van der Waals surface area contributed by atoms with E-state index in [1.54, 1.807) is 7.11 Å². The highest BCUT2D eigenvalue weighted by Crippen LogP contribution is 2.35. The first kappa shape index (κ1) is 48.4. The topological polar surface area (TPSA) is 103 Å². The monoisotopic (exact) mass is 908 g/mol. The zero-order valence-corrected chi connectivity index (χ0v) is 38.3. The first-order chi connectivity index (χ1) is 33.1. The predicted octanol–water partition coefficient (Wildman–Crippen LogP) is 9.80. The second kappa shape index (κ2) is 25.9. The highest BCUT2D eigenvalue weighted by atomic mass is 16.7. The summed E-state index contributed by atoms with van der Waals surface area (Å²) in [5.41, 5.74) is 6.15. The number of rotatable bonds is 24. The van der Waals surface area contributed by atoms with Crippen LogP contribution in [0.5, 0.6) is 0 Å². The van der Waals surface area contributed by atoms with Crippen molar-refractivity contribution in [1.29, 1.82) is 0 Å². The van der Waals surface area contributed by atoms with Gasteiger partial charge in [-0.3, -0.25) is 0 Å². The lowest BCUT2D eigenvalue weighted by molar-refractivity contribution is -0.319. The molecule has 2 saturated heterocycles. The summed E-state index contributed by atoms with van der Waals surface area (Å²) in [6.07, 6.45) is -4.70. The Balaban J connectivity index is 1.03. The second-order valence-electron chi connectivity index (χ2n) is 17.2. The highest BCUT2D eigenvalue weighted by Gasteiger charge is 2.50. The van der Waals surface area contributed by atoms with Gasteiger partial charge in [0.25, 0.3) is 0 Å². The lowest BCUT2D eigenvalue weighted by atomic mass is 9.90. The van der Waals surface area contributed by atoms with Gasteiger partial charge in [0.2, 0.25) is 0 Å². The Kier molecular flexibility index (Phi) is 18.7. The van der Waals surface area contributed by atoms with Crippen molar-refractivity contribution >= 4 is 0 Å². The van der Waals surface area contributed by atoms with Crippen molar-refractivity contribution in [1.82, 2.24) is 0 Å². The van der Waals surface area contributed by atoms with E-state index in [-0.39, 0.29) is 6.61 Å².